The lowest BCUT2D eigenvalue weighted by molar-refractivity contribution is -0.121. The van der Waals surface area contributed by atoms with Gasteiger partial charge in [0.1, 0.15) is 5.75 Å². The standard InChI is InChI=1S/C20H22N4O2S/c1-24-9-6-13(7-10-24)19(25)23-20-22-12-17(27-20)16-4-3-14-11-21-8-5-15(14)18(16)26-2/h3-5,8,11-13H,6-7,9-10H2,1-2H3,(H,22,23,25). The number of carbonyl (C=O) groups excluding carboxylic acids is 1. The van der Waals surface area contributed by atoms with Crippen LogP contribution in [0.4, 0.5) is 5.13 Å². The molecule has 1 N–H and O–H groups in total. The highest BCUT2D eigenvalue weighted by molar-refractivity contribution is 7.19. The number of amides is 1. The van der Waals surface area contributed by atoms with Crippen molar-refractivity contribution < 1.29 is 9.53 Å². The molecule has 1 aliphatic rings. The van der Waals surface area contributed by atoms with E-state index in [1.165, 1.54) is 11.3 Å². The Morgan fingerprint density at radius 3 is 2.85 bits per heavy atom. The van der Waals surface area contributed by atoms with Gasteiger partial charge >= 0.3 is 0 Å². The summed E-state index contributed by atoms with van der Waals surface area (Å²) in [5.41, 5.74) is 0.966. The van der Waals surface area contributed by atoms with Crippen molar-refractivity contribution in [1.82, 2.24) is 14.9 Å². The SMILES string of the molecule is COc1c(-c2cnc(NC(=O)C3CCN(C)CC3)s2)ccc2cnccc12. The van der Waals surface area contributed by atoms with Gasteiger partial charge in [-0.3, -0.25) is 9.78 Å². The second kappa shape index (κ2) is 7.62. The van der Waals surface area contributed by atoms with Gasteiger partial charge in [0.2, 0.25) is 5.91 Å². The van der Waals surface area contributed by atoms with Crippen LogP contribution in [0.3, 0.4) is 0 Å². The first kappa shape index (κ1) is 17.9. The third-order valence-corrected chi connectivity index (χ3v) is 6.01. The fourth-order valence-corrected chi connectivity index (χ4v) is 4.33. The maximum Gasteiger partial charge on any atom is 0.229 e. The van der Waals surface area contributed by atoms with Crippen LogP contribution in [-0.2, 0) is 4.79 Å². The summed E-state index contributed by atoms with van der Waals surface area (Å²) in [5.74, 6) is 0.934. The van der Waals surface area contributed by atoms with Crippen molar-refractivity contribution in [3.8, 4) is 16.2 Å². The van der Waals surface area contributed by atoms with Crippen LogP contribution >= 0.6 is 11.3 Å². The van der Waals surface area contributed by atoms with Crippen molar-refractivity contribution in [2.24, 2.45) is 5.92 Å². The highest BCUT2D eigenvalue weighted by Gasteiger charge is 2.24. The summed E-state index contributed by atoms with van der Waals surface area (Å²) < 4.78 is 5.67. The number of benzene rings is 1. The van der Waals surface area contributed by atoms with Gasteiger partial charge < -0.3 is 15.0 Å². The Bertz CT molecular complexity index is 964. The predicted molar refractivity (Wildman–Crippen MR) is 108 cm³/mol. The molecule has 6 nitrogen and oxygen atoms in total. The molecule has 3 heterocycles. The number of piperidine rings is 1. The summed E-state index contributed by atoms with van der Waals surface area (Å²) in [7, 11) is 3.76. The summed E-state index contributed by atoms with van der Waals surface area (Å²) in [6.45, 7) is 1.93. The molecule has 4 rings (SSSR count). The van der Waals surface area contributed by atoms with E-state index in [2.05, 4.69) is 27.2 Å². The maximum atomic E-state index is 12.5. The summed E-state index contributed by atoms with van der Waals surface area (Å²) in [6, 6.07) is 5.98. The van der Waals surface area contributed by atoms with E-state index < -0.39 is 0 Å². The Balaban J connectivity index is 1.56. The zero-order valence-electron chi connectivity index (χ0n) is 15.4. The number of anilines is 1. The van der Waals surface area contributed by atoms with Gasteiger partial charge in [-0.1, -0.05) is 17.4 Å². The number of thiazole rings is 1. The van der Waals surface area contributed by atoms with Gasteiger partial charge in [0.15, 0.2) is 5.13 Å². The fourth-order valence-electron chi connectivity index (χ4n) is 3.49. The summed E-state index contributed by atoms with van der Waals surface area (Å²) in [4.78, 5) is 24.3. The normalized spacial score (nSPS) is 15.8. The quantitative estimate of drug-likeness (QED) is 0.746. The maximum absolute atomic E-state index is 12.5. The van der Waals surface area contributed by atoms with E-state index in [-0.39, 0.29) is 11.8 Å². The molecule has 1 amide bonds. The number of likely N-dealkylation sites (tertiary alicyclic amines) is 1. The molecular formula is C20H22N4O2S. The number of carbonyl (C=O) groups is 1. The predicted octanol–water partition coefficient (Wildman–Crippen LogP) is 3.65. The Morgan fingerprint density at radius 1 is 1.26 bits per heavy atom. The number of hydrogen-bond acceptors (Lipinski definition) is 6. The Morgan fingerprint density at radius 2 is 2.07 bits per heavy atom. The molecule has 0 radical (unpaired) electrons. The molecule has 1 fully saturated rings. The first-order valence-corrected chi connectivity index (χ1v) is 9.83. The van der Waals surface area contributed by atoms with E-state index >= 15 is 0 Å². The topological polar surface area (TPSA) is 67.3 Å². The van der Waals surface area contributed by atoms with E-state index in [0.29, 0.717) is 5.13 Å². The van der Waals surface area contributed by atoms with Crippen LogP contribution in [0.15, 0.2) is 36.8 Å². The number of hydrogen-bond donors (Lipinski definition) is 1. The molecule has 3 aromatic rings. The highest BCUT2D eigenvalue weighted by atomic mass is 32.1. The molecule has 0 unspecified atom stereocenters. The lowest BCUT2D eigenvalue weighted by Crippen LogP contribution is -2.35. The molecule has 1 aliphatic heterocycles. The molecule has 2 aromatic heterocycles. The Kier molecular flexibility index (Phi) is 5.05. The van der Waals surface area contributed by atoms with E-state index in [1.54, 1.807) is 19.5 Å². The minimum atomic E-state index is 0.0660. The van der Waals surface area contributed by atoms with Gasteiger partial charge in [-0.15, -0.1) is 0 Å². The number of methoxy groups -OCH3 is 1. The van der Waals surface area contributed by atoms with Gasteiger partial charge in [0, 0.05) is 40.8 Å². The van der Waals surface area contributed by atoms with Crippen molar-refractivity contribution in [2.45, 2.75) is 12.8 Å². The average molecular weight is 382 g/mol. The number of ether oxygens (including phenoxy) is 1. The first-order chi connectivity index (χ1) is 13.2. The van der Waals surface area contributed by atoms with E-state index in [4.69, 9.17) is 4.74 Å². The van der Waals surface area contributed by atoms with Crippen LogP contribution in [0.5, 0.6) is 5.75 Å². The summed E-state index contributed by atoms with van der Waals surface area (Å²) >= 11 is 1.47. The van der Waals surface area contributed by atoms with Crippen LogP contribution in [0, 0.1) is 5.92 Å². The first-order valence-electron chi connectivity index (χ1n) is 9.02. The Labute approximate surface area is 162 Å². The minimum Gasteiger partial charge on any atom is -0.495 e. The average Bonchev–Trinajstić information content (AvgIpc) is 3.15. The van der Waals surface area contributed by atoms with Gasteiger partial charge in [-0.2, -0.15) is 0 Å². The monoisotopic (exact) mass is 382 g/mol. The van der Waals surface area contributed by atoms with Crippen molar-refractivity contribution in [2.75, 3.05) is 32.6 Å². The number of rotatable bonds is 4. The molecule has 0 aliphatic carbocycles. The molecule has 7 heteroatoms. The molecular weight excluding hydrogens is 360 g/mol. The van der Waals surface area contributed by atoms with Crippen LogP contribution < -0.4 is 10.1 Å². The van der Waals surface area contributed by atoms with Gasteiger partial charge in [-0.25, -0.2) is 4.98 Å². The van der Waals surface area contributed by atoms with E-state index in [0.717, 1.165) is 52.9 Å². The smallest absolute Gasteiger partial charge is 0.229 e. The number of nitrogens with zero attached hydrogens (tertiary/aromatic N) is 3. The molecule has 1 aromatic carbocycles. The second-order valence-electron chi connectivity index (χ2n) is 6.84. The minimum absolute atomic E-state index is 0.0660. The van der Waals surface area contributed by atoms with Gasteiger partial charge in [-0.05, 0) is 45.1 Å². The summed E-state index contributed by atoms with van der Waals surface area (Å²) in [6.07, 6.45) is 7.16. The molecule has 0 saturated carbocycles. The van der Waals surface area contributed by atoms with Gasteiger partial charge in [0.05, 0.1) is 12.0 Å². The number of nitrogens with one attached hydrogen (secondary N) is 1. The molecule has 0 bridgehead atoms. The summed E-state index contributed by atoms with van der Waals surface area (Å²) in [5, 5.41) is 5.66. The number of pyridine rings is 1. The van der Waals surface area contributed by atoms with E-state index in [1.807, 2.05) is 24.4 Å². The molecule has 27 heavy (non-hydrogen) atoms. The van der Waals surface area contributed by atoms with E-state index in [9.17, 15) is 4.79 Å². The van der Waals surface area contributed by atoms with Crippen molar-refractivity contribution in [1.29, 1.82) is 0 Å². The van der Waals surface area contributed by atoms with Crippen molar-refractivity contribution >= 4 is 33.1 Å². The number of aromatic nitrogens is 2. The van der Waals surface area contributed by atoms with Crippen LogP contribution in [0.25, 0.3) is 21.2 Å². The van der Waals surface area contributed by atoms with Crippen LogP contribution in [0.2, 0.25) is 0 Å². The number of fused-ring (bicyclic) bond motifs is 1. The second-order valence-corrected chi connectivity index (χ2v) is 7.87. The molecule has 140 valence electrons. The third-order valence-electron chi connectivity index (χ3n) is 5.07. The molecule has 1 saturated heterocycles. The van der Waals surface area contributed by atoms with Crippen molar-refractivity contribution in [3.05, 3.63) is 36.8 Å². The lowest BCUT2D eigenvalue weighted by atomic mass is 9.96. The highest BCUT2D eigenvalue weighted by Crippen LogP contribution is 2.39. The molecule has 0 atom stereocenters. The zero-order chi connectivity index (χ0) is 18.8. The van der Waals surface area contributed by atoms with Crippen molar-refractivity contribution in [3.63, 3.8) is 0 Å². The Hall–Kier alpha value is -2.51. The molecule has 0 spiro atoms. The van der Waals surface area contributed by atoms with Crippen LogP contribution in [0.1, 0.15) is 12.8 Å². The van der Waals surface area contributed by atoms with Gasteiger partial charge in [0.25, 0.3) is 0 Å². The fraction of sp³-hybridized carbons (Fsp3) is 0.350. The third kappa shape index (κ3) is 3.65. The largest absolute Gasteiger partial charge is 0.495 e. The zero-order valence-corrected chi connectivity index (χ0v) is 16.3. The lowest BCUT2D eigenvalue weighted by Gasteiger charge is -2.27. The van der Waals surface area contributed by atoms with Crippen LogP contribution in [-0.4, -0.2) is 48.0 Å².